The molecule has 0 saturated heterocycles. The Balaban J connectivity index is 1.84. The molecule has 0 spiro atoms. The number of rotatable bonds is 5. The number of nitrogens with zero attached hydrogens (tertiary/aromatic N) is 4. The minimum absolute atomic E-state index is 0.271. The third-order valence-electron chi connectivity index (χ3n) is 3.73. The topological polar surface area (TPSA) is 68.1 Å². The molecular formula is C15H16N4O2S2. The lowest BCUT2D eigenvalue weighted by Crippen LogP contribution is -2.29. The molecule has 0 amide bonds. The Morgan fingerprint density at radius 2 is 1.96 bits per heavy atom. The molecule has 3 rings (SSSR count). The van der Waals surface area contributed by atoms with Gasteiger partial charge in [-0.05, 0) is 36.1 Å². The van der Waals surface area contributed by atoms with Gasteiger partial charge in [0.1, 0.15) is 16.9 Å². The number of aromatic nitrogens is 3. The van der Waals surface area contributed by atoms with Crippen molar-refractivity contribution in [1.29, 1.82) is 0 Å². The minimum Gasteiger partial charge on any atom is -0.223 e. The Kier molecular flexibility index (Phi) is 4.29. The first-order valence-corrected chi connectivity index (χ1v) is 9.28. The molecule has 0 aliphatic rings. The monoisotopic (exact) mass is 348 g/mol. The van der Waals surface area contributed by atoms with Crippen LogP contribution in [0.4, 0.5) is 0 Å². The molecule has 3 aromatic rings. The molecule has 23 heavy (non-hydrogen) atoms. The number of sulfonamides is 1. The van der Waals surface area contributed by atoms with Gasteiger partial charge in [-0.25, -0.2) is 18.1 Å². The van der Waals surface area contributed by atoms with E-state index in [1.54, 1.807) is 35.6 Å². The van der Waals surface area contributed by atoms with E-state index in [1.807, 2.05) is 31.2 Å². The van der Waals surface area contributed by atoms with Crippen LogP contribution in [0.1, 0.15) is 18.5 Å². The van der Waals surface area contributed by atoms with Crippen LogP contribution in [-0.2, 0) is 10.0 Å². The summed E-state index contributed by atoms with van der Waals surface area (Å²) in [6.07, 6.45) is 3.09. The fourth-order valence-corrected chi connectivity index (χ4v) is 4.74. The van der Waals surface area contributed by atoms with E-state index in [1.165, 1.54) is 22.0 Å². The highest BCUT2D eigenvalue weighted by molar-refractivity contribution is 7.91. The first-order chi connectivity index (χ1) is 11.0. The fraction of sp³-hybridized carbons (Fsp3) is 0.200. The van der Waals surface area contributed by atoms with Crippen molar-refractivity contribution in [1.82, 2.24) is 19.1 Å². The largest absolute Gasteiger partial charge is 0.252 e. The smallest absolute Gasteiger partial charge is 0.223 e. The summed E-state index contributed by atoms with van der Waals surface area (Å²) in [6.45, 7) is 1.87. The van der Waals surface area contributed by atoms with Gasteiger partial charge in [0.25, 0.3) is 10.0 Å². The third kappa shape index (κ3) is 3.05. The zero-order valence-electron chi connectivity index (χ0n) is 12.7. The van der Waals surface area contributed by atoms with E-state index >= 15 is 0 Å². The molecule has 0 unspecified atom stereocenters. The van der Waals surface area contributed by atoms with Crippen molar-refractivity contribution in [2.24, 2.45) is 0 Å². The number of thiophene rings is 1. The summed E-state index contributed by atoms with van der Waals surface area (Å²) in [6, 6.07) is 10.7. The van der Waals surface area contributed by atoms with E-state index in [0.29, 0.717) is 4.21 Å². The first-order valence-electron chi connectivity index (χ1n) is 6.96. The number of hydrogen-bond acceptors (Lipinski definition) is 5. The molecule has 0 fully saturated rings. The number of benzene rings is 1. The van der Waals surface area contributed by atoms with Crippen molar-refractivity contribution in [3.63, 3.8) is 0 Å². The summed E-state index contributed by atoms with van der Waals surface area (Å²) in [7, 11) is -1.87. The van der Waals surface area contributed by atoms with Gasteiger partial charge in [0.2, 0.25) is 0 Å². The molecule has 8 heteroatoms. The molecule has 0 aliphatic carbocycles. The lowest BCUT2D eigenvalue weighted by atomic mass is 10.1. The summed E-state index contributed by atoms with van der Waals surface area (Å²) in [5, 5.41) is 5.83. The van der Waals surface area contributed by atoms with Gasteiger partial charge in [0.05, 0.1) is 5.69 Å². The third-order valence-corrected chi connectivity index (χ3v) is 7.03. The van der Waals surface area contributed by atoms with E-state index in [9.17, 15) is 8.42 Å². The van der Waals surface area contributed by atoms with Crippen LogP contribution in [-0.4, -0.2) is 34.5 Å². The Labute approximate surface area is 139 Å². The van der Waals surface area contributed by atoms with Gasteiger partial charge in [-0.1, -0.05) is 18.2 Å². The SMILES string of the molecule is C[C@@H](c1ccc(-n2cncn2)cc1)N(C)S(=O)(=O)c1cccs1. The predicted octanol–water partition coefficient (Wildman–Crippen LogP) is 2.71. The lowest BCUT2D eigenvalue weighted by molar-refractivity contribution is 0.399. The molecular weight excluding hydrogens is 332 g/mol. The predicted molar refractivity (Wildman–Crippen MR) is 89.0 cm³/mol. The van der Waals surface area contributed by atoms with Crippen LogP contribution >= 0.6 is 11.3 Å². The maximum absolute atomic E-state index is 12.6. The summed E-state index contributed by atoms with van der Waals surface area (Å²) in [5.41, 5.74) is 1.79. The highest BCUT2D eigenvalue weighted by atomic mass is 32.2. The van der Waals surface area contributed by atoms with Gasteiger partial charge in [0.15, 0.2) is 0 Å². The van der Waals surface area contributed by atoms with Crippen molar-refractivity contribution in [3.05, 3.63) is 60.0 Å². The highest BCUT2D eigenvalue weighted by Crippen LogP contribution is 2.28. The standard InChI is InChI=1S/C15H16N4O2S2/c1-12(18(2)23(20,21)15-4-3-9-22-15)13-5-7-14(8-6-13)19-11-16-10-17-19/h3-12H,1-2H3/t12-/m0/s1. The van der Waals surface area contributed by atoms with Gasteiger partial charge in [-0.2, -0.15) is 9.40 Å². The Hall–Kier alpha value is -2.03. The molecule has 120 valence electrons. The molecule has 0 saturated carbocycles. The Bertz CT molecular complexity index is 857. The van der Waals surface area contributed by atoms with E-state index < -0.39 is 10.0 Å². The molecule has 1 atom stereocenters. The molecule has 0 N–H and O–H groups in total. The summed E-state index contributed by atoms with van der Waals surface area (Å²) in [4.78, 5) is 3.91. The summed E-state index contributed by atoms with van der Waals surface area (Å²) < 4.78 is 28.5. The quantitative estimate of drug-likeness (QED) is 0.711. The van der Waals surface area contributed by atoms with Crippen LogP contribution in [0.2, 0.25) is 0 Å². The summed E-state index contributed by atoms with van der Waals surface area (Å²) >= 11 is 1.22. The van der Waals surface area contributed by atoms with Gasteiger partial charge in [-0.15, -0.1) is 11.3 Å². The average molecular weight is 348 g/mol. The second-order valence-electron chi connectivity index (χ2n) is 5.06. The first kappa shape index (κ1) is 15.9. The van der Waals surface area contributed by atoms with E-state index in [2.05, 4.69) is 10.1 Å². The fourth-order valence-electron chi connectivity index (χ4n) is 2.22. The molecule has 0 aliphatic heterocycles. The molecule has 0 bridgehead atoms. The van der Waals surface area contributed by atoms with Crippen molar-refractivity contribution in [3.8, 4) is 5.69 Å². The van der Waals surface area contributed by atoms with Gasteiger partial charge >= 0.3 is 0 Å². The molecule has 0 radical (unpaired) electrons. The Morgan fingerprint density at radius 3 is 2.52 bits per heavy atom. The average Bonchev–Trinajstić information content (AvgIpc) is 3.26. The summed E-state index contributed by atoms with van der Waals surface area (Å²) in [5.74, 6) is 0. The molecule has 1 aromatic carbocycles. The number of hydrogen-bond donors (Lipinski definition) is 0. The van der Waals surface area contributed by atoms with E-state index in [-0.39, 0.29) is 6.04 Å². The van der Waals surface area contributed by atoms with Gasteiger partial charge < -0.3 is 0 Å². The van der Waals surface area contributed by atoms with Crippen LogP contribution in [0.15, 0.2) is 58.6 Å². The van der Waals surface area contributed by atoms with E-state index in [0.717, 1.165) is 11.3 Å². The van der Waals surface area contributed by atoms with Gasteiger partial charge in [-0.3, -0.25) is 0 Å². The van der Waals surface area contributed by atoms with Crippen LogP contribution in [0.3, 0.4) is 0 Å². The normalized spacial score (nSPS) is 13.3. The van der Waals surface area contributed by atoms with Crippen LogP contribution in [0, 0.1) is 0 Å². The molecule has 2 aromatic heterocycles. The second kappa shape index (κ2) is 6.23. The molecule has 2 heterocycles. The minimum atomic E-state index is -3.47. The zero-order valence-corrected chi connectivity index (χ0v) is 14.3. The second-order valence-corrected chi connectivity index (χ2v) is 8.23. The van der Waals surface area contributed by atoms with Gasteiger partial charge in [0, 0.05) is 13.1 Å². The highest BCUT2D eigenvalue weighted by Gasteiger charge is 2.27. The van der Waals surface area contributed by atoms with Crippen molar-refractivity contribution < 1.29 is 8.42 Å². The maximum atomic E-state index is 12.6. The van der Waals surface area contributed by atoms with Crippen molar-refractivity contribution in [2.45, 2.75) is 17.2 Å². The Morgan fingerprint density at radius 1 is 1.22 bits per heavy atom. The van der Waals surface area contributed by atoms with Crippen LogP contribution < -0.4 is 0 Å². The molecule has 6 nitrogen and oxygen atoms in total. The van der Waals surface area contributed by atoms with E-state index in [4.69, 9.17) is 0 Å². The van der Waals surface area contributed by atoms with Crippen LogP contribution in [0.25, 0.3) is 5.69 Å². The maximum Gasteiger partial charge on any atom is 0.252 e. The van der Waals surface area contributed by atoms with Crippen molar-refractivity contribution in [2.75, 3.05) is 7.05 Å². The van der Waals surface area contributed by atoms with Crippen LogP contribution in [0.5, 0.6) is 0 Å². The zero-order chi connectivity index (χ0) is 16.4. The lowest BCUT2D eigenvalue weighted by Gasteiger charge is -2.24. The van der Waals surface area contributed by atoms with Crippen molar-refractivity contribution >= 4 is 21.4 Å².